The van der Waals surface area contributed by atoms with Gasteiger partial charge in [0.25, 0.3) is 5.91 Å². The molecule has 0 radical (unpaired) electrons. The van der Waals surface area contributed by atoms with Crippen LogP contribution in [0.4, 0.5) is 48.3 Å². The van der Waals surface area contributed by atoms with Gasteiger partial charge in [-0.1, -0.05) is 106 Å². The van der Waals surface area contributed by atoms with Gasteiger partial charge < -0.3 is 4.90 Å². The van der Waals surface area contributed by atoms with Crippen molar-refractivity contribution in [3.05, 3.63) is 0 Å². The summed E-state index contributed by atoms with van der Waals surface area (Å²) in [5.41, 5.74) is 5.12. The summed E-state index contributed by atoms with van der Waals surface area (Å²) < 4.78 is 149. The zero-order valence-corrected chi connectivity index (χ0v) is 35.5. The number of carbonyl (C=O) groups is 1. The molecule has 0 aromatic heterocycles. The van der Waals surface area contributed by atoms with E-state index in [1.54, 1.807) is 0 Å². The number of likely N-dealkylation sites (N-methyl/N-ethyl adjacent to an activating group) is 1. The lowest BCUT2D eigenvalue weighted by Crippen LogP contribution is -2.63. The van der Waals surface area contributed by atoms with Crippen molar-refractivity contribution >= 4 is 56.5 Å². The Bertz CT molecular complexity index is 973. The van der Waals surface area contributed by atoms with Gasteiger partial charge in [0.2, 0.25) is 0 Å². The molecular formula is C26H54F11NO2Si6. The second-order valence-corrected chi connectivity index (χ2v) is 43.6. The lowest BCUT2D eigenvalue weighted by Gasteiger charge is -2.40. The van der Waals surface area contributed by atoms with Crippen LogP contribution < -0.4 is 0 Å². The van der Waals surface area contributed by atoms with E-state index in [4.69, 9.17) is 0 Å². The third kappa shape index (κ3) is 13.3. The number of hydrogen-bond acceptors (Lipinski definition) is 2. The van der Waals surface area contributed by atoms with Gasteiger partial charge >= 0.3 is 30.2 Å². The molecule has 0 heterocycles. The minimum atomic E-state index is -7.21. The van der Waals surface area contributed by atoms with Crippen LogP contribution in [-0.4, -0.2) is 105 Å². The number of amides is 1. The van der Waals surface area contributed by atoms with Crippen molar-refractivity contribution in [1.82, 2.24) is 4.90 Å². The molecule has 276 valence electrons. The highest BCUT2D eigenvalue weighted by molar-refractivity contribution is 7.01. The van der Waals surface area contributed by atoms with Gasteiger partial charge in [0.1, 0.15) is 0 Å². The van der Waals surface area contributed by atoms with Crippen LogP contribution in [0.3, 0.4) is 0 Å². The van der Waals surface area contributed by atoms with E-state index in [-0.39, 0.29) is 11.3 Å². The van der Waals surface area contributed by atoms with Gasteiger partial charge in [0.05, 0.1) is 0 Å². The third-order valence-corrected chi connectivity index (χ3v) is 42.3. The number of nitrogens with zero attached hydrogens (tertiary/aromatic N) is 1. The Kier molecular flexibility index (Phi) is 16.3. The molecule has 0 bridgehead atoms. The molecular weight excluding hydrogens is 736 g/mol. The van der Waals surface area contributed by atoms with Crippen LogP contribution in [0.25, 0.3) is 0 Å². The second kappa shape index (κ2) is 16.3. The maximum absolute atomic E-state index is 14.8. The van der Waals surface area contributed by atoms with Crippen molar-refractivity contribution in [2.24, 2.45) is 0 Å². The predicted molar refractivity (Wildman–Crippen MR) is 180 cm³/mol. The number of alkyl halides is 11. The number of rotatable bonds is 19. The summed E-state index contributed by atoms with van der Waals surface area (Å²) in [7, 11) is -6.99. The standard InChI is InChI=1S/C26H54F11NO2Si6/c1-38(21(39)22(27,24(30,31)32)40-26(36,37)23(28,29)25(33,34)35)13-12-14-44(8,9)20-46(11,19-43(6)7)16-15-45(10,17-41(2)3)18-42(4)5/h41-43H,12-20H2,1-11H3. The molecule has 0 spiro atoms. The Hall–Kier alpha value is -0.0387. The van der Waals surface area contributed by atoms with Gasteiger partial charge in [-0.3, -0.25) is 9.53 Å². The average molecular weight is 790 g/mol. The molecule has 1 amide bonds. The first-order valence-electron chi connectivity index (χ1n) is 15.7. The van der Waals surface area contributed by atoms with Crippen LogP contribution >= 0.6 is 0 Å². The van der Waals surface area contributed by atoms with Crippen LogP contribution in [0.15, 0.2) is 0 Å². The van der Waals surface area contributed by atoms with Gasteiger partial charge in [-0.15, -0.1) is 0 Å². The Morgan fingerprint density at radius 1 is 0.652 bits per heavy atom. The van der Waals surface area contributed by atoms with Crippen LogP contribution in [0.2, 0.25) is 106 Å². The maximum Gasteiger partial charge on any atom is 0.462 e. The SMILES string of the molecule is CN(CCC[Si](C)(C)C[Si](C)(CC[Si](C)(C[SiH](C)C)C[SiH](C)C)C[SiH](C)C)C(=O)C(F)(OC(F)(F)C(F)(F)C(F)(F)F)C(F)(F)F. The fourth-order valence-corrected chi connectivity index (χ4v) is 53.9. The lowest BCUT2D eigenvalue weighted by atomic mass is 10.2. The number of hydrogen-bond donors (Lipinski definition) is 0. The molecule has 0 aliphatic carbocycles. The molecule has 0 rings (SSSR count). The van der Waals surface area contributed by atoms with Gasteiger partial charge in [-0.05, 0) is 6.42 Å². The molecule has 0 saturated carbocycles. The molecule has 0 N–H and O–H groups in total. The van der Waals surface area contributed by atoms with Crippen LogP contribution in [-0.2, 0) is 9.53 Å². The summed E-state index contributed by atoms with van der Waals surface area (Å²) in [6.45, 7) is 22.9. The second-order valence-electron chi connectivity index (χ2n) is 15.9. The molecule has 2 unspecified atom stereocenters. The van der Waals surface area contributed by atoms with E-state index >= 15 is 0 Å². The third-order valence-electron chi connectivity index (χ3n) is 8.26. The molecule has 0 aliphatic rings. The van der Waals surface area contributed by atoms with E-state index < -0.39 is 93.3 Å². The Labute approximate surface area is 275 Å². The predicted octanol–water partition coefficient (Wildman–Crippen LogP) is 9.35. The Morgan fingerprint density at radius 2 is 1.04 bits per heavy atom. The highest BCUT2D eigenvalue weighted by atomic mass is 28.4. The molecule has 0 aromatic rings. The summed E-state index contributed by atoms with van der Waals surface area (Å²) in [5, 5.41) is 0. The summed E-state index contributed by atoms with van der Waals surface area (Å²) in [5.74, 6) is -16.2. The van der Waals surface area contributed by atoms with E-state index in [9.17, 15) is 53.1 Å². The molecule has 0 aromatic carbocycles. The zero-order chi connectivity index (χ0) is 37.0. The molecule has 20 heteroatoms. The highest BCUT2D eigenvalue weighted by Crippen LogP contribution is 2.51. The smallest absolute Gasteiger partial charge is 0.340 e. The van der Waals surface area contributed by atoms with Gasteiger partial charge in [-0.25, -0.2) is 0 Å². The molecule has 0 aliphatic heterocycles. The first-order chi connectivity index (χ1) is 20.2. The van der Waals surface area contributed by atoms with E-state index in [0.29, 0.717) is 13.1 Å². The Morgan fingerprint density at radius 3 is 1.41 bits per heavy atom. The summed E-state index contributed by atoms with van der Waals surface area (Å²) in [4.78, 5) is 12.4. The molecule has 46 heavy (non-hydrogen) atoms. The molecule has 2 atom stereocenters. The van der Waals surface area contributed by atoms with Crippen LogP contribution in [0, 0.1) is 0 Å². The van der Waals surface area contributed by atoms with Crippen molar-refractivity contribution < 1.29 is 57.8 Å². The number of halogens is 11. The lowest BCUT2D eigenvalue weighted by molar-refractivity contribution is -0.473. The minimum absolute atomic E-state index is 0.0556. The van der Waals surface area contributed by atoms with Crippen molar-refractivity contribution in [2.75, 3.05) is 13.6 Å². The first-order valence-corrected chi connectivity index (χ1v) is 34.7. The largest absolute Gasteiger partial charge is 0.462 e. The average Bonchev–Trinajstić information content (AvgIpc) is 2.78. The number of carbonyl (C=O) groups excluding carboxylic acids is 1. The molecule has 0 saturated heterocycles. The monoisotopic (exact) mass is 789 g/mol. The van der Waals surface area contributed by atoms with Gasteiger partial charge in [0, 0.05) is 64.2 Å². The van der Waals surface area contributed by atoms with Crippen molar-refractivity contribution in [1.29, 1.82) is 0 Å². The zero-order valence-electron chi connectivity index (χ0n) is 29.0. The maximum atomic E-state index is 14.8. The topological polar surface area (TPSA) is 29.5 Å². The van der Waals surface area contributed by atoms with Crippen molar-refractivity contribution in [3.8, 4) is 0 Å². The highest BCUT2D eigenvalue weighted by Gasteiger charge is 2.79. The van der Waals surface area contributed by atoms with Crippen molar-refractivity contribution in [3.63, 3.8) is 0 Å². The van der Waals surface area contributed by atoms with Crippen LogP contribution in [0.5, 0.6) is 0 Å². The quantitative estimate of drug-likeness (QED) is 0.0965. The van der Waals surface area contributed by atoms with Crippen molar-refractivity contribution in [2.45, 2.75) is 143 Å². The fraction of sp³-hybridized carbons (Fsp3) is 0.962. The Balaban J connectivity index is 5.84. The van der Waals surface area contributed by atoms with Crippen LogP contribution in [0.1, 0.15) is 6.42 Å². The molecule has 3 nitrogen and oxygen atoms in total. The minimum Gasteiger partial charge on any atom is -0.340 e. The van der Waals surface area contributed by atoms with Gasteiger partial charge in [-0.2, -0.15) is 48.3 Å². The normalized spacial score (nSPS) is 17.1. The summed E-state index contributed by atoms with van der Waals surface area (Å²) >= 11 is 0. The number of ether oxygens (including phenoxy) is 1. The first kappa shape index (κ1) is 46.0. The summed E-state index contributed by atoms with van der Waals surface area (Å²) in [6.07, 6.45) is -20.7. The fourth-order valence-electron chi connectivity index (χ4n) is 7.12. The molecule has 0 fully saturated rings. The van der Waals surface area contributed by atoms with E-state index in [1.165, 1.54) is 29.1 Å². The van der Waals surface area contributed by atoms with E-state index in [0.717, 1.165) is 5.67 Å². The van der Waals surface area contributed by atoms with Gasteiger partial charge in [0.15, 0.2) is 0 Å². The van der Waals surface area contributed by atoms with E-state index in [1.807, 2.05) is 0 Å². The summed E-state index contributed by atoms with van der Waals surface area (Å²) in [6, 6.07) is 3.03. The van der Waals surface area contributed by atoms with E-state index in [2.05, 4.69) is 70.2 Å².